The fraction of sp³-hybridized carbons (Fsp3) is 0.462. The number of nitrogens with one attached hydrogen (secondary N) is 1. The maximum Gasteiger partial charge on any atom is 0.115 e. The van der Waals surface area contributed by atoms with Crippen molar-refractivity contribution in [2.75, 3.05) is 0 Å². The van der Waals surface area contributed by atoms with Gasteiger partial charge in [-0.1, -0.05) is 6.92 Å². The van der Waals surface area contributed by atoms with Crippen LogP contribution in [0.2, 0.25) is 0 Å². The van der Waals surface area contributed by atoms with E-state index in [2.05, 4.69) is 34.3 Å². The summed E-state index contributed by atoms with van der Waals surface area (Å²) in [5.74, 6) is 5.61. The Morgan fingerprint density at radius 3 is 2.74 bits per heavy atom. The van der Waals surface area contributed by atoms with Crippen molar-refractivity contribution in [3.05, 3.63) is 42.2 Å². The Kier molecular flexibility index (Phi) is 4.59. The van der Waals surface area contributed by atoms with Crippen molar-refractivity contribution in [1.29, 1.82) is 0 Å². The number of hydrogen-bond acceptors (Lipinski definition) is 5. The second-order valence-electron chi connectivity index (χ2n) is 4.64. The van der Waals surface area contributed by atoms with E-state index in [0.717, 1.165) is 17.7 Å². The Hall–Kier alpha value is -1.79. The third kappa shape index (κ3) is 3.36. The molecule has 19 heavy (non-hydrogen) atoms. The van der Waals surface area contributed by atoms with Crippen LogP contribution in [0.25, 0.3) is 0 Å². The Labute approximate surface area is 113 Å². The van der Waals surface area contributed by atoms with Crippen LogP contribution in [-0.4, -0.2) is 19.7 Å². The first kappa shape index (κ1) is 13.6. The van der Waals surface area contributed by atoms with Gasteiger partial charge < -0.3 is 0 Å². The van der Waals surface area contributed by atoms with Gasteiger partial charge in [-0.2, -0.15) is 5.10 Å². The molecule has 0 spiro atoms. The van der Waals surface area contributed by atoms with Gasteiger partial charge in [0.1, 0.15) is 6.33 Å². The summed E-state index contributed by atoms with van der Waals surface area (Å²) in [6.07, 6.45) is 8.83. The van der Waals surface area contributed by atoms with Crippen LogP contribution in [0.15, 0.2) is 31.0 Å². The van der Waals surface area contributed by atoms with E-state index in [1.54, 1.807) is 12.4 Å². The molecule has 0 radical (unpaired) electrons. The summed E-state index contributed by atoms with van der Waals surface area (Å²) in [6, 6.07) is 2.42. The quantitative estimate of drug-likeness (QED) is 0.606. The topological polar surface area (TPSA) is 81.7 Å². The Morgan fingerprint density at radius 1 is 1.37 bits per heavy atom. The smallest absolute Gasteiger partial charge is 0.115 e. The zero-order chi connectivity index (χ0) is 13.7. The van der Waals surface area contributed by atoms with Gasteiger partial charge in [-0.05, 0) is 19.4 Å². The zero-order valence-corrected chi connectivity index (χ0v) is 11.3. The van der Waals surface area contributed by atoms with E-state index in [4.69, 9.17) is 5.84 Å². The van der Waals surface area contributed by atoms with Crippen molar-refractivity contribution in [3.63, 3.8) is 0 Å². The second kappa shape index (κ2) is 6.40. The molecule has 2 unspecified atom stereocenters. The molecule has 6 heteroatoms. The van der Waals surface area contributed by atoms with Gasteiger partial charge in [0.15, 0.2) is 0 Å². The Bertz CT molecular complexity index is 495. The average Bonchev–Trinajstić information content (AvgIpc) is 2.93. The summed E-state index contributed by atoms with van der Waals surface area (Å²) in [4.78, 5) is 8.02. The van der Waals surface area contributed by atoms with Gasteiger partial charge >= 0.3 is 0 Å². The highest BCUT2D eigenvalue weighted by Gasteiger charge is 2.13. The molecule has 2 aromatic rings. The zero-order valence-electron chi connectivity index (χ0n) is 11.3. The van der Waals surface area contributed by atoms with Crippen LogP contribution in [0.1, 0.15) is 43.6 Å². The van der Waals surface area contributed by atoms with Gasteiger partial charge in [-0.3, -0.25) is 16.0 Å². The molecule has 0 aromatic carbocycles. The standard InChI is InChI=1S/C13H20N6/c1-3-10(2)19-5-4-12(18-19)6-13(17-14)11-7-15-9-16-8-11/h4-5,7-10,13,17H,3,6,14H2,1-2H3. The molecule has 0 aliphatic rings. The lowest BCUT2D eigenvalue weighted by Crippen LogP contribution is -2.30. The first-order valence-electron chi connectivity index (χ1n) is 6.49. The number of hydrogen-bond donors (Lipinski definition) is 2. The normalized spacial score (nSPS) is 14.3. The predicted molar refractivity (Wildman–Crippen MR) is 73.0 cm³/mol. The van der Waals surface area contributed by atoms with Gasteiger partial charge in [0.2, 0.25) is 0 Å². The van der Waals surface area contributed by atoms with Crippen LogP contribution >= 0.6 is 0 Å². The fourth-order valence-corrected chi connectivity index (χ4v) is 1.89. The van der Waals surface area contributed by atoms with E-state index >= 15 is 0 Å². The van der Waals surface area contributed by atoms with E-state index in [-0.39, 0.29) is 6.04 Å². The Morgan fingerprint density at radius 2 is 2.11 bits per heavy atom. The highest BCUT2D eigenvalue weighted by Crippen LogP contribution is 2.16. The minimum Gasteiger partial charge on any atom is -0.271 e. The predicted octanol–water partition coefficient (Wildman–Crippen LogP) is 1.39. The minimum atomic E-state index is -0.0264. The molecule has 0 aliphatic carbocycles. The summed E-state index contributed by atoms with van der Waals surface area (Å²) in [5.41, 5.74) is 4.76. The lowest BCUT2D eigenvalue weighted by molar-refractivity contribution is 0.466. The van der Waals surface area contributed by atoms with Crippen molar-refractivity contribution < 1.29 is 0 Å². The van der Waals surface area contributed by atoms with Crippen LogP contribution in [0.3, 0.4) is 0 Å². The third-order valence-corrected chi connectivity index (χ3v) is 3.30. The van der Waals surface area contributed by atoms with Crippen molar-refractivity contribution in [2.45, 2.75) is 38.8 Å². The molecular weight excluding hydrogens is 240 g/mol. The van der Waals surface area contributed by atoms with E-state index in [1.165, 1.54) is 6.33 Å². The van der Waals surface area contributed by atoms with Crippen molar-refractivity contribution in [1.82, 2.24) is 25.2 Å². The first-order chi connectivity index (χ1) is 9.24. The summed E-state index contributed by atoms with van der Waals surface area (Å²) >= 11 is 0. The number of aromatic nitrogens is 4. The second-order valence-corrected chi connectivity index (χ2v) is 4.64. The van der Waals surface area contributed by atoms with Crippen LogP contribution in [0.4, 0.5) is 0 Å². The van der Waals surface area contributed by atoms with Crippen LogP contribution in [-0.2, 0) is 6.42 Å². The lowest BCUT2D eigenvalue weighted by Gasteiger charge is -2.14. The van der Waals surface area contributed by atoms with E-state index in [0.29, 0.717) is 12.5 Å². The molecule has 6 nitrogen and oxygen atoms in total. The molecule has 0 fully saturated rings. The maximum absolute atomic E-state index is 5.61. The molecule has 0 bridgehead atoms. The Balaban J connectivity index is 2.09. The molecule has 102 valence electrons. The highest BCUT2D eigenvalue weighted by atomic mass is 15.3. The number of rotatable bonds is 6. The van der Waals surface area contributed by atoms with Gasteiger partial charge in [-0.15, -0.1) is 0 Å². The monoisotopic (exact) mass is 260 g/mol. The summed E-state index contributed by atoms with van der Waals surface area (Å²) in [7, 11) is 0. The van der Waals surface area contributed by atoms with Crippen molar-refractivity contribution in [2.24, 2.45) is 5.84 Å². The van der Waals surface area contributed by atoms with Crippen LogP contribution < -0.4 is 11.3 Å². The van der Waals surface area contributed by atoms with Crippen molar-refractivity contribution >= 4 is 0 Å². The molecule has 0 aliphatic heterocycles. The molecule has 3 N–H and O–H groups in total. The molecule has 0 saturated carbocycles. The molecule has 2 rings (SSSR count). The van der Waals surface area contributed by atoms with E-state index < -0.39 is 0 Å². The molecule has 0 amide bonds. The molecule has 2 aromatic heterocycles. The van der Waals surface area contributed by atoms with Gasteiger partial charge in [-0.25, -0.2) is 9.97 Å². The molecule has 2 heterocycles. The first-order valence-corrected chi connectivity index (χ1v) is 6.49. The average molecular weight is 260 g/mol. The van der Waals surface area contributed by atoms with Crippen LogP contribution in [0.5, 0.6) is 0 Å². The van der Waals surface area contributed by atoms with Gasteiger partial charge in [0.25, 0.3) is 0 Å². The maximum atomic E-state index is 5.61. The minimum absolute atomic E-state index is 0.0264. The van der Waals surface area contributed by atoms with E-state index in [1.807, 2.05) is 16.9 Å². The fourth-order valence-electron chi connectivity index (χ4n) is 1.89. The summed E-state index contributed by atoms with van der Waals surface area (Å²) < 4.78 is 1.99. The summed E-state index contributed by atoms with van der Waals surface area (Å²) in [5, 5.41) is 4.57. The van der Waals surface area contributed by atoms with Gasteiger partial charge in [0, 0.05) is 36.6 Å². The SMILES string of the molecule is CCC(C)n1ccc(CC(NN)c2cncnc2)n1. The van der Waals surface area contributed by atoms with Gasteiger partial charge in [0.05, 0.1) is 11.7 Å². The molecule has 2 atom stereocenters. The lowest BCUT2D eigenvalue weighted by atomic mass is 10.1. The highest BCUT2D eigenvalue weighted by molar-refractivity contribution is 5.13. The largest absolute Gasteiger partial charge is 0.271 e. The third-order valence-electron chi connectivity index (χ3n) is 3.30. The van der Waals surface area contributed by atoms with Crippen LogP contribution in [0, 0.1) is 0 Å². The number of nitrogens with zero attached hydrogens (tertiary/aromatic N) is 4. The molecule has 0 saturated heterocycles. The number of hydrazine groups is 1. The summed E-state index contributed by atoms with van der Waals surface area (Å²) in [6.45, 7) is 4.30. The molecular formula is C13H20N6. The van der Waals surface area contributed by atoms with E-state index in [9.17, 15) is 0 Å². The number of nitrogens with two attached hydrogens (primary N) is 1. The van der Waals surface area contributed by atoms with Crippen molar-refractivity contribution in [3.8, 4) is 0 Å².